The highest BCUT2D eigenvalue weighted by Gasteiger charge is 2.48. The maximum absolute atomic E-state index is 4.90. The van der Waals surface area contributed by atoms with Crippen LogP contribution in [0.2, 0.25) is 0 Å². The van der Waals surface area contributed by atoms with Gasteiger partial charge in [-0.25, -0.2) is 0 Å². The van der Waals surface area contributed by atoms with Crippen LogP contribution in [0.4, 0.5) is 0 Å². The zero-order valence-electron chi connectivity index (χ0n) is 11.1. The van der Waals surface area contributed by atoms with E-state index in [0.717, 1.165) is 17.0 Å². The average Bonchev–Trinajstić information content (AvgIpc) is 2.50. The minimum absolute atomic E-state index is 0.190. The molecular formula is C15H19NS2. The van der Waals surface area contributed by atoms with E-state index in [1.165, 1.54) is 5.56 Å². The fourth-order valence-electron chi connectivity index (χ4n) is 2.01. The quantitative estimate of drug-likeness (QED) is 0.631. The zero-order valence-corrected chi connectivity index (χ0v) is 12.8. The highest BCUT2D eigenvalue weighted by atomic mass is 32.2. The second kappa shape index (κ2) is 4.78. The van der Waals surface area contributed by atoms with Gasteiger partial charge >= 0.3 is 0 Å². The first-order chi connectivity index (χ1) is 8.34. The molecule has 1 unspecified atom stereocenters. The molecule has 0 fully saturated rings. The standard InChI is InChI=1S/C15H19NS2/c1-11(2)10-15(17)14(3,4)16-13(18-15)12-8-6-5-7-9-12/h5-9,17H,1,10H2,2-4H3. The van der Waals surface area contributed by atoms with E-state index in [9.17, 15) is 0 Å². The number of aliphatic imine (C=N–C) groups is 1. The fraction of sp³-hybridized carbons (Fsp3) is 0.400. The van der Waals surface area contributed by atoms with Gasteiger partial charge in [-0.3, -0.25) is 4.99 Å². The Balaban J connectivity index is 2.32. The van der Waals surface area contributed by atoms with Crippen molar-refractivity contribution in [2.75, 3.05) is 0 Å². The van der Waals surface area contributed by atoms with Gasteiger partial charge in [0.1, 0.15) is 0 Å². The topological polar surface area (TPSA) is 12.4 Å². The smallest absolute Gasteiger partial charge is 0.0998 e. The molecule has 0 aliphatic carbocycles. The van der Waals surface area contributed by atoms with E-state index in [2.05, 4.69) is 39.5 Å². The lowest BCUT2D eigenvalue weighted by Crippen LogP contribution is -2.38. The first-order valence-corrected chi connectivity index (χ1v) is 7.31. The van der Waals surface area contributed by atoms with Crippen molar-refractivity contribution < 1.29 is 0 Å². The maximum atomic E-state index is 4.90. The van der Waals surface area contributed by atoms with Crippen molar-refractivity contribution in [3.63, 3.8) is 0 Å². The molecule has 2 rings (SSSR count). The molecule has 1 aromatic rings. The summed E-state index contributed by atoms with van der Waals surface area (Å²) in [5, 5.41) is 1.08. The van der Waals surface area contributed by atoms with Gasteiger partial charge in [-0.2, -0.15) is 12.6 Å². The summed E-state index contributed by atoms with van der Waals surface area (Å²) in [6.45, 7) is 10.4. The highest BCUT2D eigenvalue weighted by Crippen LogP contribution is 2.52. The summed E-state index contributed by atoms with van der Waals surface area (Å²) in [7, 11) is 0. The second-order valence-electron chi connectivity index (χ2n) is 5.36. The molecule has 0 saturated heterocycles. The Morgan fingerprint density at radius 3 is 2.50 bits per heavy atom. The summed E-state index contributed by atoms with van der Waals surface area (Å²) >= 11 is 6.65. The van der Waals surface area contributed by atoms with Gasteiger partial charge in [-0.1, -0.05) is 47.7 Å². The minimum atomic E-state index is -0.204. The van der Waals surface area contributed by atoms with Crippen molar-refractivity contribution in [2.24, 2.45) is 4.99 Å². The molecule has 0 amide bonds. The van der Waals surface area contributed by atoms with Gasteiger partial charge in [0.2, 0.25) is 0 Å². The van der Waals surface area contributed by atoms with Gasteiger partial charge in [0, 0.05) is 5.56 Å². The number of hydrogen-bond acceptors (Lipinski definition) is 3. The van der Waals surface area contributed by atoms with Crippen LogP contribution in [0.25, 0.3) is 0 Å². The highest BCUT2D eigenvalue weighted by molar-refractivity contribution is 8.23. The Morgan fingerprint density at radius 1 is 1.33 bits per heavy atom. The van der Waals surface area contributed by atoms with Crippen LogP contribution < -0.4 is 0 Å². The molecule has 1 heterocycles. The molecule has 0 aromatic heterocycles. The van der Waals surface area contributed by atoms with E-state index in [1.807, 2.05) is 18.2 Å². The van der Waals surface area contributed by atoms with Crippen molar-refractivity contribution in [2.45, 2.75) is 36.8 Å². The predicted octanol–water partition coefficient (Wildman–Crippen LogP) is 4.55. The third-order valence-electron chi connectivity index (χ3n) is 3.16. The van der Waals surface area contributed by atoms with Crippen LogP contribution in [0, 0.1) is 0 Å². The Kier molecular flexibility index (Phi) is 3.65. The van der Waals surface area contributed by atoms with Gasteiger partial charge in [0.25, 0.3) is 0 Å². The predicted molar refractivity (Wildman–Crippen MR) is 85.8 cm³/mol. The summed E-state index contributed by atoms with van der Waals surface area (Å²) in [4.78, 5) is 4.86. The summed E-state index contributed by atoms with van der Waals surface area (Å²) in [5.74, 6) is 0. The van der Waals surface area contributed by atoms with Gasteiger partial charge in [-0.15, -0.1) is 6.58 Å². The molecule has 1 aliphatic heterocycles. The molecule has 0 bridgehead atoms. The Labute approximate surface area is 119 Å². The lowest BCUT2D eigenvalue weighted by atomic mass is 9.95. The normalized spacial score (nSPS) is 25.9. The van der Waals surface area contributed by atoms with Crippen LogP contribution in [0.1, 0.15) is 32.8 Å². The summed E-state index contributed by atoms with van der Waals surface area (Å²) in [5.41, 5.74) is 2.13. The van der Waals surface area contributed by atoms with Crippen LogP contribution in [0.5, 0.6) is 0 Å². The average molecular weight is 277 g/mol. The number of thioether (sulfide) groups is 1. The minimum Gasteiger partial charge on any atom is -0.269 e. The molecule has 1 aromatic carbocycles. The third-order valence-corrected chi connectivity index (χ3v) is 5.65. The molecule has 3 heteroatoms. The van der Waals surface area contributed by atoms with E-state index in [4.69, 9.17) is 17.6 Å². The zero-order chi connectivity index (χ0) is 13.4. The number of nitrogens with zero attached hydrogens (tertiary/aromatic N) is 1. The molecule has 96 valence electrons. The van der Waals surface area contributed by atoms with Crippen molar-refractivity contribution in [3.8, 4) is 0 Å². The van der Waals surface area contributed by atoms with Crippen LogP contribution in [-0.2, 0) is 0 Å². The van der Waals surface area contributed by atoms with Crippen molar-refractivity contribution in [1.29, 1.82) is 0 Å². The van der Waals surface area contributed by atoms with Gasteiger partial charge in [0.05, 0.1) is 14.7 Å². The van der Waals surface area contributed by atoms with Crippen molar-refractivity contribution in [3.05, 3.63) is 48.0 Å². The first kappa shape index (κ1) is 13.8. The van der Waals surface area contributed by atoms with Gasteiger partial charge in [0.15, 0.2) is 0 Å². The van der Waals surface area contributed by atoms with Gasteiger partial charge < -0.3 is 0 Å². The van der Waals surface area contributed by atoms with E-state index in [-0.39, 0.29) is 9.62 Å². The summed E-state index contributed by atoms with van der Waals surface area (Å²) in [6.07, 6.45) is 0.869. The Morgan fingerprint density at radius 2 is 1.94 bits per heavy atom. The molecule has 1 nitrogen and oxygen atoms in total. The largest absolute Gasteiger partial charge is 0.269 e. The van der Waals surface area contributed by atoms with E-state index < -0.39 is 0 Å². The van der Waals surface area contributed by atoms with Crippen LogP contribution in [-0.4, -0.2) is 14.7 Å². The fourth-order valence-corrected chi connectivity index (χ4v) is 4.06. The summed E-state index contributed by atoms with van der Waals surface area (Å²) in [6, 6.07) is 10.3. The van der Waals surface area contributed by atoms with E-state index in [0.29, 0.717) is 0 Å². The molecule has 18 heavy (non-hydrogen) atoms. The Hall–Kier alpha value is -0.670. The molecular weight excluding hydrogens is 258 g/mol. The first-order valence-electron chi connectivity index (χ1n) is 6.05. The molecule has 0 N–H and O–H groups in total. The number of allylic oxidation sites excluding steroid dienone is 1. The number of thiol groups is 1. The number of benzene rings is 1. The van der Waals surface area contributed by atoms with E-state index >= 15 is 0 Å². The molecule has 0 spiro atoms. The van der Waals surface area contributed by atoms with Gasteiger partial charge in [-0.05, 0) is 27.2 Å². The van der Waals surface area contributed by atoms with Crippen molar-refractivity contribution in [1.82, 2.24) is 0 Å². The number of hydrogen-bond donors (Lipinski definition) is 1. The van der Waals surface area contributed by atoms with Crippen molar-refractivity contribution >= 4 is 29.4 Å². The molecule has 0 radical (unpaired) electrons. The lowest BCUT2D eigenvalue weighted by molar-refractivity contribution is 0.477. The molecule has 0 saturated carbocycles. The third kappa shape index (κ3) is 2.52. The van der Waals surface area contributed by atoms with Crippen LogP contribution in [0.15, 0.2) is 47.5 Å². The van der Waals surface area contributed by atoms with Crippen LogP contribution >= 0.6 is 24.4 Å². The molecule has 1 aliphatic rings. The van der Waals surface area contributed by atoms with E-state index in [1.54, 1.807) is 11.8 Å². The SMILES string of the molecule is C=C(C)CC1(S)SC(c2ccccc2)=NC1(C)C. The monoisotopic (exact) mass is 277 g/mol. The Bertz CT molecular complexity index is 490. The lowest BCUT2D eigenvalue weighted by Gasteiger charge is -2.34. The maximum Gasteiger partial charge on any atom is 0.0998 e. The summed E-state index contributed by atoms with van der Waals surface area (Å²) < 4.78 is -0.204. The van der Waals surface area contributed by atoms with Crippen LogP contribution in [0.3, 0.4) is 0 Å². The number of rotatable bonds is 3. The molecule has 1 atom stereocenters. The second-order valence-corrected chi connectivity index (χ2v) is 7.72.